The summed E-state index contributed by atoms with van der Waals surface area (Å²) in [4.78, 5) is 17.5. The van der Waals surface area contributed by atoms with Crippen molar-refractivity contribution in [3.63, 3.8) is 0 Å². The van der Waals surface area contributed by atoms with Crippen LogP contribution < -0.4 is 10.1 Å². The third-order valence-electron chi connectivity index (χ3n) is 7.40. The summed E-state index contributed by atoms with van der Waals surface area (Å²) in [6, 6.07) is 25.9. The average Bonchev–Trinajstić information content (AvgIpc) is 2.92. The summed E-state index contributed by atoms with van der Waals surface area (Å²) in [6.07, 6.45) is 1.93. The minimum atomic E-state index is -0.104. The molecule has 2 N–H and O–H groups in total. The van der Waals surface area contributed by atoms with Gasteiger partial charge in [-0.05, 0) is 61.3 Å². The molecule has 5 rings (SSSR count). The van der Waals surface area contributed by atoms with E-state index >= 15 is 0 Å². The second-order valence-electron chi connectivity index (χ2n) is 9.63. The minimum Gasteiger partial charge on any atom is -0.497 e. The van der Waals surface area contributed by atoms with Crippen LogP contribution in [0.3, 0.4) is 0 Å². The van der Waals surface area contributed by atoms with E-state index < -0.39 is 0 Å². The van der Waals surface area contributed by atoms with Crippen molar-refractivity contribution in [1.82, 2.24) is 9.80 Å². The molecule has 3 aromatic rings. The minimum absolute atomic E-state index is 0.0626. The largest absolute Gasteiger partial charge is 0.497 e. The van der Waals surface area contributed by atoms with Crippen LogP contribution in [0.25, 0.3) is 0 Å². The van der Waals surface area contributed by atoms with E-state index in [0.717, 1.165) is 30.5 Å². The summed E-state index contributed by atoms with van der Waals surface area (Å²) in [5.41, 5.74) is 3.85. The fourth-order valence-electron chi connectivity index (χ4n) is 5.48. The SMILES string of the molecule is COc1cccc(NC(=O)N2CCCCN3[C@H](CO)[C@H](c4ccc(C#Cc5ccccc5)cc4)[C@@H]3C2)c1. The number of aliphatic hydroxyl groups is 1. The predicted octanol–water partition coefficient (Wildman–Crippen LogP) is 4.55. The number of aliphatic hydroxyl groups excluding tert-OH is 1. The van der Waals surface area contributed by atoms with Gasteiger partial charge < -0.3 is 20.1 Å². The van der Waals surface area contributed by atoms with Crippen LogP contribution in [0.4, 0.5) is 10.5 Å². The summed E-state index contributed by atoms with van der Waals surface area (Å²) in [7, 11) is 1.62. The Bertz CT molecular complexity index is 1270. The van der Waals surface area contributed by atoms with Crippen molar-refractivity contribution in [2.24, 2.45) is 0 Å². The first kappa shape index (κ1) is 24.9. The maximum atomic E-state index is 13.2. The van der Waals surface area contributed by atoms with Crippen molar-refractivity contribution >= 4 is 11.7 Å². The number of ether oxygens (including phenoxy) is 1. The van der Waals surface area contributed by atoms with Gasteiger partial charge in [-0.25, -0.2) is 4.79 Å². The Morgan fingerprint density at radius 1 is 0.973 bits per heavy atom. The molecule has 2 aliphatic rings. The van der Waals surface area contributed by atoms with Crippen LogP contribution in [-0.2, 0) is 0 Å². The van der Waals surface area contributed by atoms with Crippen LogP contribution in [-0.4, -0.2) is 66.4 Å². The molecule has 190 valence electrons. The molecule has 0 saturated carbocycles. The number of nitrogens with one attached hydrogen (secondary N) is 1. The topological polar surface area (TPSA) is 65.0 Å². The summed E-state index contributed by atoms with van der Waals surface area (Å²) >= 11 is 0. The molecule has 2 heterocycles. The second-order valence-corrected chi connectivity index (χ2v) is 9.63. The quantitative estimate of drug-likeness (QED) is 0.521. The molecule has 0 spiro atoms. The lowest BCUT2D eigenvalue weighted by Gasteiger charge is -2.57. The number of amides is 2. The smallest absolute Gasteiger partial charge is 0.321 e. The molecule has 6 nitrogen and oxygen atoms in total. The van der Waals surface area contributed by atoms with E-state index in [0.29, 0.717) is 24.5 Å². The summed E-state index contributed by atoms with van der Waals surface area (Å²) in [5.74, 6) is 7.31. The van der Waals surface area contributed by atoms with Crippen molar-refractivity contribution in [2.75, 3.05) is 38.7 Å². The third-order valence-corrected chi connectivity index (χ3v) is 7.40. The van der Waals surface area contributed by atoms with E-state index in [2.05, 4.69) is 46.3 Å². The summed E-state index contributed by atoms with van der Waals surface area (Å²) in [6.45, 7) is 2.38. The number of fused-ring (bicyclic) bond motifs is 1. The Kier molecular flexibility index (Phi) is 7.74. The lowest BCUT2D eigenvalue weighted by Crippen LogP contribution is -2.68. The van der Waals surface area contributed by atoms with Crippen LogP contribution >= 0.6 is 0 Å². The molecule has 6 heteroatoms. The third kappa shape index (κ3) is 5.64. The fourth-order valence-corrected chi connectivity index (χ4v) is 5.48. The maximum absolute atomic E-state index is 13.2. The van der Waals surface area contributed by atoms with Crippen LogP contribution in [0, 0.1) is 11.8 Å². The van der Waals surface area contributed by atoms with Crippen molar-refractivity contribution in [1.29, 1.82) is 0 Å². The van der Waals surface area contributed by atoms with Gasteiger partial charge in [-0.1, -0.05) is 48.2 Å². The predicted molar refractivity (Wildman–Crippen MR) is 146 cm³/mol. The highest BCUT2D eigenvalue weighted by atomic mass is 16.5. The fraction of sp³-hybridized carbons (Fsp3) is 0.323. The highest BCUT2D eigenvalue weighted by Crippen LogP contribution is 2.42. The number of hydrogen-bond acceptors (Lipinski definition) is 4. The molecule has 2 saturated heterocycles. The lowest BCUT2D eigenvalue weighted by molar-refractivity contribution is -0.0585. The van der Waals surface area contributed by atoms with E-state index in [-0.39, 0.29) is 30.6 Å². The Morgan fingerprint density at radius 3 is 2.43 bits per heavy atom. The zero-order valence-electron chi connectivity index (χ0n) is 21.1. The standard InChI is InChI=1S/C31H33N3O3/c1-37-27-11-7-10-26(20-27)32-31(36)33-18-5-6-19-34-28(21-33)30(29(34)22-35)25-16-14-24(15-17-25)13-12-23-8-3-2-4-9-23/h2-4,7-11,14-17,20,28-30,35H,5-6,18-19,21-22H2,1H3,(H,32,36)/t28-,29+,30+/m0/s1. The van der Waals surface area contributed by atoms with Gasteiger partial charge in [-0.2, -0.15) is 0 Å². The summed E-state index contributed by atoms with van der Waals surface area (Å²) < 4.78 is 5.29. The molecule has 0 aromatic heterocycles. The number of benzene rings is 3. The Labute approximate surface area is 218 Å². The Balaban J connectivity index is 1.31. The Morgan fingerprint density at radius 2 is 1.70 bits per heavy atom. The first-order chi connectivity index (χ1) is 18.2. The van der Waals surface area contributed by atoms with E-state index in [1.807, 2.05) is 59.5 Å². The van der Waals surface area contributed by atoms with E-state index in [1.165, 1.54) is 5.56 Å². The second kappa shape index (κ2) is 11.5. The van der Waals surface area contributed by atoms with E-state index in [9.17, 15) is 9.90 Å². The van der Waals surface area contributed by atoms with Gasteiger partial charge in [-0.3, -0.25) is 4.90 Å². The lowest BCUT2D eigenvalue weighted by atomic mass is 9.74. The molecule has 2 fully saturated rings. The molecule has 0 aliphatic carbocycles. The van der Waals surface area contributed by atoms with Crippen LogP contribution in [0.5, 0.6) is 5.75 Å². The number of methoxy groups -OCH3 is 1. The van der Waals surface area contributed by atoms with Crippen LogP contribution in [0.2, 0.25) is 0 Å². The van der Waals surface area contributed by atoms with Gasteiger partial charge in [0.25, 0.3) is 0 Å². The van der Waals surface area contributed by atoms with Crippen molar-refractivity contribution in [3.8, 4) is 17.6 Å². The zero-order chi connectivity index (χ0) is 25.6. The molecule has 0 bridgehead atoms. The number of rotatable bonds is 4. The van der Waals surface area contributed by atoms with Crippen molar-refractivity contribution in [2.45, 2.75) is 30.8 Å². The van der Waals surface area contributed by atoms with Crippen LogP contribution in [0.1, 0.15) is 35.4 Å². The first-order valence-corrected chi connectivity index (χ1v) is 12.9. The van der Waals surface area contributed by atoms with Crippen molar-refractivity contribution < 1.29 is 14.6 Å². The average molecular weight is 496 g/mol. The highest BCUT2D eigenvalue weighted by molar-refractivity contribution is 5.89. The number of nitrogens with zero attached hydrogens (tertiary/aromatic N) is 2. The molecular weight excluding hydrogens is 462 g/mol. The van der Waals surface area contributed by atoms with E-state index in [1.54, 1.807) is 7.11 Å². The first-order valence-electron chi connectivity index (χ1n) is 12.9. The molecule has 2 aliphatic heterocycles. The van der Waals surface area contributed by atoms with Gasteiger partial charge in [0, 0.05) is 54.0 Å². The number of hydrogen-bond donors (Lipinski definition) is 2. The molecular formula is C31H33N3O3. The van der Waals surface area contributed by atoms with Crippen LogP contribution in [0.15, 0.2) is 78.9 Å². The monoisotopic (exact) mass is 495 g/mol. The molecule has 37 heavy (non-hydrogen) atoms. The van der Waals surface area contributed by atoms with Gasteiger partial charge in [0.05, 0.1) is 13.7 Å². The molecule has 0 radical (unpaired) electrons. The highest BCUT2D eigenvalue weighted by Gasteiger charge is 2.49. The van der Waals surface area contributed by atoms with Crippen molar-refractivity contribution in [3.05, 3.63) is 95.6 Å². The molecule has 0 unspecified atom stereocenters. The number of anilines is 1. The zero-order valence-corrected chi connectivity index (χ0v) is 21.1. The molecule has 2 amide bonds. The molecule has 3 aromatic carbocycles. The maximum Gasteiger partial charge on any atom is 0.321 e. The number of urea groups is 1. The Hall–Kier alpha value is -3.79. The number of carbonyl (C=O) groups excluding carboxylic acids is 1. The van der Waals surface area contributed by atoms with Gasteiger partial charge in [0.15, 0.2) is 0 Å². The normalized spacial score (nSPS) is 21.4. The van der Waals surface area contributed by atoms with Gasteiger partial charge in [-0.15, -0.1) is 0 Å². The van der Waals surface area contributed by atoms with Gasteiger partial charge in [0.1, 0.15) is 5.75 Å². The summed E-state index contributed by atoms with van der Waals surface area (Å²) in [5, 5.41) is 13.3. The van der Waals surface area contributed by atoms with Gasteiger partial charge >= 0.3 is 6.03 Å². The van der Waals surface area contributed by atoms with Gasteiger partial charge in [0.2, 0.25) is 0 Å². The molecule has 3 atom stereocenters. The van der Waals surface area contributed by atoms with E-state index in [4.69, 9.17) is 4.74 Å². The number of carbonyl (C=O) groups is 1.